The molecule has 1 aromatic carbocycles. The van der Waals surface area contributed by atoms with Crippen LogP contribution in [0.5, 0.6) is 0 Å². The number of nitrogens with zero attached hydrogens (tertiary/aromatic N) is 2. The molecule has 0 aliphatic rings. The molecule has 0 saturated carbocycles. The molecule has 0 radical (unpaired) electrons. The number of aliphatic imine (C=N–C) groups is 1. The molecule has 0 bridgehead atoms. The fourth-order valence-electron chi connectivity index (χ4n) is 2.24. The van der Waals surface area contributed by atoms with Gasteiger partial charge in [-0.25, -0.2) is 14.8 Å². The molecule has 0 aliphatic carbocycles. The molecule has 2 amide bonds. The van der Waals surface area contributed by atoms with Crippen LogP contribution in [0.25, 0.3) is 0 Å². The third-order valence-electron chi connectivity index (χ3n) is 3.70. The van der Waals surface area contributed by atoms with Crippen LogP contribution in [0.1, 0.15) is 25.0 Å². The van der Waals surface area contributed by atoms with Gasteiger partial charge in [0.2, 0.25) is 0 Å². The molecule has 0 saturated heterocycles. The number of aryl methyl sites for hydroxylation is 1. The molecule has 7 nitrogen and oxygen atoms in total. The van der Waals surface area contributed by atoms with Gasteiger partial charge in [0.25, 0.3) is 0 Å². The Morgan fingerprint density at radius 1 is 1.24 bits per heavy atom. The second-order valence-electron chi connectivity index (χ2n) is 5.63. The van der Waals surface area contributed by atoms with Crippen LogP contribution in [-0.2, 0) is 17.8 Å². The van der Waals surface area contributed by atoms with Gasteiger partial charge in [0.15, 0.2) is 17.4 Å². The Bertz CT molecular complexity index is 748. The van der Waals surface area contributed by atoms with Crippen molar-refractivity contribution in [1.82, 2.24) is 10.3 Å². The number of ether oxygens (including phenoxy) is 1. The summed E-state index contributed by atoms with van der Waals surface area (Å²) in [5, 5.41) is 2.52. The Labute approximate surface area is 147 Å². The van der Waals surface area contributed by atoms with E-state index in [9.17, 15) is 4.79 Å². The molecule has 2 rings (SSSR count). The summed E-state index contributed by atoms with van der Waals surface area (Å²) in [6, 6.07) is 12.5. The van der Waals surface area contributed by atoms with E-state index in [4.69, 9.17) is 16.2 Å². The number of urea groups is 1. The lowest BCUT2D eigenvalue weighted by molar-refractivity contribution is -0.00735. The van der Waals surface area contributed by atoms with E-state index in [0.29, 0.717) is 5.82 Å². The van der Waals surface area contributed by atoms with E-state index in [2.05, 4.69) is 15.3 Å². The molecule has 1 aromatic heterocycles. The number of amidine groups is 1. The molecule has 2 aromatic rings. The Balaban J connectivity index is 2.28. The summed E-state index contributed by atoms with van der Waals surface area (Å²) in [7, 11) is 0. The minimum absolute atomic E-state index is 0.0654. The van der Waals surface area contributed by atoms with Gasteiger partial charge in [-0.3, -0.25) is 0 Å². The molecule has 7 heteroatoms. The van der Waals surface area contributed by atoms with Gasteiger partial charge in [0, 0.05) is 6.20 Å². The summed E-state index contributed by atoms with van der Waals surface area (Å²) in [5.41, 5.74) is 11.9. The minimum Gasteiger partial charge on any atom is -0.383 e. The van der Waals surface area contributed by atoms with Crippen LogP contribution in [-0.4, -0.2) is 22.6 Å². The number of pyridine rings is 1. The zero-order chi connectivity index (χ0) is 18.3. The molecule has 1 atom stereocenters. The number of nitrogens with one attached hydrogen (secondary N) is 1. The van der Waals surface area contributed by atoms with Gasteiger partial charge in [-0.05, 0) is 30.5 Å². The van der Waals surface area contributed by atoms with Gasteiger partial charge in [0.05, 0.1) is 6.61 Å². The van der Waals surface area contributed by atoms with E-state index in [1.165, 1.54) is 0 Å². The number of amides is 2. The highest BCUT2D eigenvalue weighted by molar-refractivity contribution is 5.93. The van der Waals surface area contributed by atoms with Crippen LogP contribution in [0.3, 0.4) is 0 Å². The smallest absolute Gasteiger partial charge is 0.314 e. The summed E-state index contributed by atoms with van der Waals surface area (Å²) in [4.78, 5) is 20.0. The standard InChI is InChI=1S/C18H23N5O2/c1-3-14-10-7-11-21-15(14)22-16(19)18(2,23-17(20)24)25-12-13-8-5-4-6-9-13/h4-11H,3,12H2,1-2H3,(H2,19,21,22)(H3,20,23,24). The number of aromatic nitrogens is 1. The molecule has 5 N–H and O–H groups in total. The Morgan fingerprint density at radius 3 is 2.60 bits per heavy atom. The first kappa shape index (κ1) is 18.4. The van der Waals surface area contributed by atoms with E-state index in [-0.39, 0.29) is 12.4 Å². The molecule has 1 unspecified atom stereocenters. The molecule has 0 fully saturated rings. The zero-order valence-corrected chi connectivity index (χ0v) is 14.4. The van der Waals surface area contributed by atoms with Crippen molar-refractivity contribution in [3.63, 3.8) is 0 Å². The van der Waals surface area contributed by atoms with E-state index in [1.807, 2.05) is 49.4 Å². The third-order valence-corrected chi connectivity index (χ3v) is 3.70. The molecule has 0 aliphatic heterocycles. The maximum absolute atomic E-state index is 11.4. The molecule has 25 heavy (non-hydrogen) atoms. The predicted molar refractivity (Wildman–Crippen MR) is 97.3 cm³/mol. The Morgan fingerprint density at radius 2 is 1.96 bits per heavy atom. The number of carbonyl (C=O) groups excluding carboxylic acids is 1. The quantitative estimate of drug-likeness (QED) is 0.407. The number of rotatable bonds is 7. The van der Waals surface area contributed by atoms with Crippen molar-refractivity contribution in [2.45, 2.75) is 32.6 Å². The monoisotopic (exact) mass is 341 g/mol. The normalized spacial score (nSPS) is 13.9. The Kier molecular flexibility index (Phi) is 6.08. The maximum atomic E-state index is 11.4. The van der Waals surface area contributed by atoms with Crippen molar-refractivity contribution in [2.75, 3.05) is 0 Å². The van der Waals surface area contributed by atoms with Gasteiger partial charge in [-0.2, -0.15) is 0 Å². The first-order valence-corrected chi connectivity index (χ1v) is 7.98. The highest BCUT2D eigenvalue weighted by Gasteiger charge is 2.32. The van der Waals surface area contributed by atoms with Crippen LogP contribution in [0.4, 0.5) is 10.6 Å². The number of primary amides is 1. The number of hydrogen-bond acceptors (Lipinski definition) is 4. The number of nitrogens with two attached hydrogens (primary N) is 2. The van der Waals surface area contributed by atoms with E-state index in [0.717, 1.165) is 17.5 Å². The van der Waals surface area contributed by atoms with Crippen molar-refractivity contribution >= 4 is 17.7 Å². The average molecular weight is 341 g/mol. The Hall–Kier alpha value is -2.93. The zero-order valence-electron chi connectivity index (χ0n) is 14.4. The van der Waals surface area contributed by atoms with E-state index in [1.54, 1.807) is 13.1 Å². The number of hydrogen-bond donors (Lipinski definition) is 3. The van der Waals surface area contributed by atoms with Gasteiger partial charge < -0.3 is 21.5 Å². The topological polar surface area (TPSA) is 116 Å². The summed E-state index contributed by atoms with van der Waals surface area (Å²) >= 11 is 0. The van der Waals surface area contributed by atoms with Gasteiger partial charge in [-0.15, -0.1) is 0 Å². The first-order chi connectivity index (χ1) is 11.9. The van der Waals surface area contributed by atoms with Crippen LogP contribution in [0.2, 0.25) is 0 Å². The number of carbonyl (C=O) groups is 1. The van der Waals surface area contributed by atoms with Crippen molar-refractivity contribution in [3.8, 4) is 0 Å². The summed E-state index contributed by atoms with van der Waals surface area (Å²) in [6.45, 7) is 3.84. The second-order valence-corrected chi connectivity index (χ2v) is 5.63. The molecule has 1 heterocycles. The third kappa shape index (κ3) is 5.02. The predicted octanol–water partition coefficient (Wildman–Crippen LogP) is 2.23. The fourth-order valence-corrected chi connectivity index (χ4v) is 2.24. The summed E-state index contributed by atoms with van der Waals surface area (Å²) < 4.78 is 5.84. The number of benzene rings is 1. The van der Waals surface area contributed by atoms with E-state index < -0.39 is 11.8 Å². The minimum atomic E-state index is -1.36. The van der Waals surface area contributed by atoms with Crippen LogP contribution in [0, 0.1) is 0 Å². The lowest BCUT2D eigenvalue weighted by atomic mass is 10.2. The van der Waals surface area contributed by atoms with Gasteiger partial charge in [-0.1, -0.05) is 43.3 Å². The molecular weight excluding hydrogens is 318 g/mol. The fraction of sp³-hybridized carbons (Fsp3) is 0.278. The van der Waals surface area contributed by atoms with Gasteiger partial charge in [0.1, 0.15) is 0 Å². The lowest BCUT2D eigenvalue weighted by Crippen LogP contribution is -2.58. The maximum Gasteiger partial charge on any atom is 0.314 e. The molecule has 0 spiro atoms. The van der Waals surface area contributed by atoms with E-state index >= 15 is 0 Å². The highest BCUT2D eigenvalue weighted by atomic mass is 16.5. The second kappa shape index (κ2) is 8.25. The average Bonchev–Trinajstić information content (AvgIpc) is 2.61. The summed E-state index contributed by atoms with van der Waals surface area (Å²) in [6.07, 6.45) is 2.39. The van der Waals surface area contributed by atoms with Crippen LogP contribution in [0.15, 0.2) is 53.7 Å². The van der Waals surface area contributed by atoms with Gasteiger partial charge >= 0.3 is 6.03 Å². The molecule has 132 valence electrons. The van der Waals surface area contributed by atoms with Crippen molar-refractivity contribution < 1.29 is 9.53 Å². The molecular formula is C18H23N5O2. The first-order valence-electron chi connectivity index (χ1n) is 7.98. The van der Waals surface area contributed by atoms with Crippen molar-refractivity contribution in [3.05, 3.63) is 59.8 Å². The van der Waals surface area contributed by atoms with Crippen LogP contribution >= 0.6 is 0 Å². The summed E-state index contributed by atoms with van der Waals surface area (Å²) in [5.74, 6) is 0.555. The van der Waals surface area contributed by atoms with Crippen molar-refractivity contribution in [1.29, 1.82) is 0 Å². The lowest BCUT2D eigenvalue weighted by Gasteiger charge is -2.29. The SMILES string of the molecule is CCc1cccnc1/N=C(\N)C(C)(NC(N)=O)OCc1ccccc1. The largest absolute Gasteiger partial charge is 0.383 e. The van der Waals surface area contributed by atoms with Crippen LogP contribution < -0.4 is 16.8 Å². The van der Waals surface area contributed by atoms with Crippen molar-refractivity contribution in [2.24, 2.45) is 16.5 Å². The highest BCUT2D eigenvalue weighted by Crippen LogP contribution is 2.19.